The van der Waals surface area contributed by atoms with Crippen LogP contribution in [-0.2, 0) is 9.47 Å². The summed E-state index contributed by atoms with van der Waals surface area (Å²) in [7, 11) is 2.17. The fourth-order valence-corrected chi connectivity index (χ4v) is 2.56. The van der Waals surface area contributed by atoms with E-state index >= 15 is 0 Å². The second kappa shape index (κ2) is 5.26. The molecule has 0 unspecified atom stereocenters. The van der Waals surface area contributed by atoms with Gasteiger partial charge in [-0.15, -0.1) is 0 Å². The summed E-state index contributed by atoms with van der Waals surface area (Å²) in [5.74, 6) is 0. The number of benzene rings is 1. The van der Waals surface area contributed by atoms with Crippen molar-refractivity contribution in [2.24, 2.45) is 0 Å². The van der Waals surface area contributed by atoms with Gasteiger partial charge in [-0.2, -0.15) is 0 Å². The minimum absolute atomic E-state index is 0.180. The van der Waals surface area contributed by atoms with Crippen molar-refractivity contribution in [3.8, 4) is 0 Å². The standard InChI is InChI=1S/C14H20N2O2/c1-15-6-8-16(9-7-15)13-5-3-2-4-12(13)14-17-10-11-18-14/h2-5,14H,6-11H2,1H3. The van der Waals surface area contributed by atoms with Gasteiger partial charge < -0.3 is 19.3 Å². The summed E-state index contributed by atoms with van der Waals surface area (Å²) >= 11 is 0. The van der Waals surface area contributed by atoms with Gasteiger partial charge in [-0.25, -0.2) is 0 Å². The molecule has 0 amide bonds. The maximum absolute atomic E-state index is 5.63. The van der Waals surface area contributed by atoms with Gasteiger partial charge in [0.05, 0.1) is 13.2 Å². The van der Waals surface area contributed by atoms with Gasteiger partial charge in [-0.1, -0.05) is 18.2 Å². The highest BCUT2D eigenvalue weighted by Crippen LogP contribution is 2.32. The van der Waals surface area contributed by atoms with Gasteiger partial charge in [0.2, 0.25) is 0 Å². The summed E-state index contributed by atoms with van der Waals surface area (Å²) in [4.78, 5) is 4.79. The highest BCUT2D eigenvalue weighted by molar-refractivity contribution is 5.54. The van der Waals surface area contributed by atoms with Crippen molar-refractivity contribution in [2.75, 3.05) is 51.3 Å². The summed E-state index contributed by atoms with van der Waals surface area (Å²) in [5, 5.41) is 0. The molecule has 2 aliphatic heterocycles. The first-order chi connectivity index (χ1) is 8.84. The second-order valence-electron chi connectivity index (χ2n) is 4.92. The number of para-hydroxylation sites is 1. The predicted molar refractivity (Wildman–Crippen MR) is 70.8 cm³/mol. The maximum atomic E-state index is 5.63. The monoisotopic (exact) mass is 248 g/mol. The zero-order valence-corrected chi connectivity index (χ0v) is 10.8. The molecule has 2 fully saturated rings. The third-order valence-electron chi connectivity index (χ3n) is 3.66. The van der Waals surface area contributed by atoms with E-state index in [1.54, 1.807) is 0 Å². The number of anilines is 1. The smallest absolute Gasteiger partial charge is 0.186 e. The molecule has 2 aliphatic rings. The lowest BCUT2D eigenvalue weighted by Crippen LogP contribution is -2.44. The molecule has 1 aromatic carbocycles. The number of likely N-dealkylation sites (N-methyl/N-ethyl adjacent to an activating group) is 1. The topological polar surface area (TPSA) is 24.9 Å². The van der Waals surface area contributed by atoms with Crippen LogP contribution < -0.4 is 4.90 Å². The summed E-state index contributed by atoms with van der Waals surface area (Å²) in [5.41, 5.74) is 2.43. The summed E-state index contributed by atoms with van der Waals surface area (Å²) in [6, 6.07) is 8.43. The first kappa shape index (κ1) is 12.0. The number of nitrogens with zero attached hydrogens (tertiary/aromatic N) is 2. The average Bonchev–Trinajstić information content (AvgIpc) is 2.93. The van der Waals surface area contributed by atoms with E-state index in [0.29, 0.717) is 13.2 Å². The molecule has 2 heterocycles. The van der Waals surface area contributed by atoms with Crippen LogP contribution in [0, 0.1) is 0 Å². The third kappa shape index (κ3) is 2.36. The summed E-state index contributed by atoms with van der Waals surface area (Å²) < 4.78 is 11.3. The van der Waals surface area contributed by atoms with Gasteiger partial charge in [0.15, 0.2) is 6.29 Å². The Hall–Kier alpha value is -1.10. The highest BCUT2D eigenvalue weighted by atomic mass is 16.7. The minimum Gasteiger partial charge on any atom is -0.369 e. The van der Waals surface area contributed by atoms with Gasteiger partial charge in [0.1, 0.15) is 0 Å². The first-order valence-corrected chi connectivity index (χ1v) is 6.60. The van der Waals surface area contributed by atoms with Crippen molar-refractivity contribution in [1.82, 2.24) is 4.90 Å². The molecule has 0 spiro atoms. The van der Waals surface area contributed by atoms with Crippen molar-refractivity contribution >= 4 is 5.69 Å². The first-order valence-electron chi connectivity index (χ1n) is 6.60. The zero-order chi connectivity index (χ0) is 12.4. The van der Waals surface area contributed by atoms with Crippen molar-refractivity contribution < 1.29 is 9.47 Å². The van der Waals surface area contributed by atoms with E-state index < -0.39 is 0 Å². The van der Waals surface area contributed by atoms with Crippen molar-refractivity contribution in [1.29, 1.82) is 0 Å². The molecule has 0 N–H and O–H groups in total. The molecule has 0 aromatic heterocycles. The van der Waals surface area contributed by atoms with Crippen LogP contribution in [0.1, 0.15) is 11.9 Å². The van der Waals surface area contributed by atoms with Crippen LogP contribution in [0.25, 0.3) is 0 Å². The molecular weight excluding hydrogens is 228 g/mol. The van der Waals surface area contributed by atoms with Crippen molar-refractivity contribution in [3.63, 3.8) is 0 Å². The number of hydrogen-bond acceptors (Lipinski definition) is 4. The largest absolute Gasteiger partial charge is 0.369 e. The van der Waals surface area contributed by atoms with Gasteiger partial charge in [-0.3, -0.25) is 0 Å². The van der Waals surface area contributed by atoms with E-state index in [0.717, 1.165) is 26.2 Å². The Morgan fingerprint density at radius 2 is 1.67 bits per heavy atom. The molecular formula is C14H20N2O2. The van der Waals surface area contributed by atoms with Crippen molar-refractivity contribution in [2.45, 2.75) is 6.29 Å². The Balaban J connectivity index is 1.82. The molecule has 0 radical (unpaired) electrons. The van der Waals surface area contributed by atoms with Gasteiger partial charge >= 0.3 is 0 Å². The number of hydrogen-bond donors (Lipinski definition) is 0. The van der Waals surface area contributed by atoms with Crippen LogP contribution in [0.4, 0.5) is 5.69 Å². The summed E-state index contributed by atoms with van der Waals surface area (Å²) in [6.45, 7) is 5.76. The Kier molecular flexibility index (Phi) is 3.50. The lowest BCUT2D eigenvalue weighted by Gasteiger charge is -2.35. The molecule has 4 heteroatoms. The SMILES string of the molecule is CN1CCN(c2ccccc2C2OCCO2)CC1. The molecule has 0 bridgehead atoms. The van der Waals surface area contributed by atoms with E-state index in [9.17, 15) is 0 Å². The normalized spacial score (nSPS) is 22.6. The number of ether oxygens (including phenoxy) is 2. The molecule has 4 nitrogen and oxygen atoms in total. The lowest BCUT2D eigenvalue weighted by atomic mass is 10.1. The molecule has 3 rings (SSSR count). The van der Waals surface area contributed by atoms with Crippen LogP contribution in [0.5, 0.6) is 0 Å². The average molecular weight is 248 g/mol. The Morgan fingerprint density at radius 3 is 2.39 bits per heavy atom. The molecule has 0 atom stereocenters. The fourth-order valence-electron chi connectivity index (χ4n) is 2.56. The van der Waals surface area contributed by atoms with E-state index in [1.807, 2.05) is 0 Å². The highest BCUT2D eigenvalue weighted by Gasteiger charge is 2.24. The molecule has 0 saturated carbocycles. The maximum Gasteiger partial charge on any atom is 0.186 e. The van der Waals surface area contributed by atoms with Crippen LogP contribution in [0.15, 0.2) is 24.3 Å². The molecule has 18 heavy (non-hydrogen) atoms. The van der Waals surface area contributed by atoms with Crippen LogP contribution in [-0.4, -0.2) is 51.3 Å². The van der Waals surface area contributed by atoms with Gasteiger partial charge in [-0.05, 0) is 13.1 Å². The summed E-state index contributed by atoms with van der Waals surface area (Å²) in [6.07, 6.45) is -0.180. The molecule has 0 aliphatic carbocycles. The Labute approximate surface area is 108 Å². The lowest BCUT2D eigenvalue weighted by molar-refractivity contribution is -0.0437. The van der Waals surface area contributed by atoms with Crippen LogP contribution in [0.3, 0.4) is 0 Å². The molecule has 1 aromatic rings. The third-order valence-corrected chi connectivity index (χ3v) is 3.66. The van der Waals surface area contributed by atoms with Crippen molar-refractivity contribution in [3.05, 3.63) is 29.8 Å². The predicted octanol–water partition coefficient (Wildman–Crippen LogP) is 1.48. The fraction of sp³-hybridized carbons (Fsp3) is 0.571. The van der Waals surface area contributed by atoms with E-state index in [2.05, 4.69) is 41.1 Å². The minimum atomic E-state index is -0.180. The van der Waals surface area contributed by atoms with Crippen LogP contribution >= 0.6 is 0 Å². The Morgan fingerprint density at radius 1 is 1.00 bits per heavy atom. The molecule has 2 saturated heterocycles. The van der Waals surface area contributed by atoms with E-state index in [-0.39, 0.29) is 6.29 Å². The Bertz CT molecular complexity index is 397. The quantitative estimate of drug-likeness (QED) is 0.791. The second-order valence-corrected chi connectivity index (χ2v) is 4.92. The van der Waals surface area contributed by atoms with Crippen LogP contribution in [0.2, 0.25) is 0 Å². The number of rotatable bonds is 2. The van der Waals surface area contributed by atoms with E-state index in [1.165, 1.54) is 11.3 Å². The van der Waals surface area contributed by atoms with E-state index in [4.69, 9.17) is 9.47 Å². The van der Waals surface area contributed by atoms with Gasteiger partial charge in [0, 0.05) is 37.4 Å². The number of piperazine rings is 1. The molecule has 98 valence electrons. The van der Waals surface area contributed by atoms with Gasteiger partial charge in [0.25, 0.3) is 0 Å². The zero-order valence-electron chi connectivity index (χ0n) is 10.8.